The molecule has 5 unspecified atom stereocenters. The summed E-state index contributed by atoms with van der Waals surface area (Å²) in [5.41, 5.74) is 20.0. The van der Waals surface area contributed by atoms with Crippen molar-refractivity contribution in [1.82, 2.24) is 49.6 Å². The predicted octanol–water partition coefficient (Wildman–Crippen LogP) is 24.1. The van der Waals surface area contributed by atoms with Gasteiger partial charge in [0, 0.05) is 174 Å². The molecule has 22 heteroatoms. The van der Waals surface area contributed by atoms with Crippen LogP contribution in [0.3, 0.4) is 0 Å². The molecule has 5 aliphatic rings. The van der Waals surface area contributed by atoms with E-state index in [0.29, 0.717) is 34.3 Å². The van der Waals surface area contributed by atoms with Gasteiger partial charge in [-0.05, 0) is 210 Å². The minimum Gasteiger partial charge on any atom is -0.435 e. The summed E-state index contributed by atoms with van der Waals surface area (Å²) in [6.45, 7) is 23.6. The fraction of sp³-hybridized carbons (Fsp3) is 0.230. The monoisotopic (exact) mass is 1620 g/mol. The Hall–Kier alpha value is -14.4. The largest absolute Gasteiger partial charge is 0.435 e. The standard InChI is InChI=1S/C24H19N5O.C21H19N3O.2C19H21N3O.C17H17N3O/c1-15-10-11-18-19-9-6-12-27-24(19)30-21(18)20(15)29-16(2)28(17-7-4-3-5-8-17)22-23(29)26-14-13-25-22;1-13-10-11-15-16-7-6-12-22-21(16)25-20(15)19(13)24-14(2)23(3)17-8-4-5-9-18(17)24;2*1-12(2)21-10-11-22(14(21)4)17-13(3)7-8-15-16-6-5-9-20-19(16)23-18(15)17;1-11-6-7-13-14-5-4-8-18-17(14)21-16(13)15(11)20-10-9-19(3)12(20)2/h3-14,16H,1-2H3;4-12,14H,1-3H3;2*5-12,14H,1-4H3;4-10,12H,1-3H3/i;3D3;2*12D;3D3. The number of rotatable bonds is 8. The van der Waals surface area contributed by atoms with Gasteiger partial charge in [0.1, 0.15) is 30.8 Å². The van der Waals surface area contributed by atoms with Crippen molar-refractivity contribution in [3.8, 4) is 0 Å². The smallest absolute Gasteiger partial charge is 0.227 e. The Labute approximate surface area is 719 Å². The normalized spacial score (nSPS) is 18.7. The average molecular weight is 1630 g/mol. The van der Waals surface area contributed by atoms with Crippen LogP contribution in [0.5, 0.6) is 0 Å². The first-order valence-corrected chi connectivity index (χ1v) is 41.0. The fourth-order valence-corrected chi connectivity index (χ4v) is 17.8. The number of nitrogens with zero attached hydrogens (tertiary/aromatic N) is 17. The fourth-order valence-electron chi connectivity index (χ4n) is 17.8. The molecular formula is C100H97N17O5. The summed E-state index contributed by atoms with van der Waals surface area (Å²) in [6.07, 6.45) is 22.9. The molecule has 7 aromatic carbocycles. The Morgan fingerprint density at radius 2 is 0.631 bits per heavy atom. The molecule has 0 N–H and O–H groups in total. The van der Waals surface area contributed by atoms with E-state index >= 15 is 0 Å². The third-order valence-corrected chi connectivity index (χ3v) is 23.9. The minimum atomic E-state index is -2.25. The van der Waals surface area contributed by atoms with Gasteiger partial charge < -0.3 is 66.2 Å². The second-order valence-corrected chi connectivity index (χ2v) is 31.7. The molecule has 5 aliphatic heterocycles. The lowest BCUT2D eigenvalue weighted by molar-refractivity contribution is 0.263. The third-order valence-electron chi connectivity index (χ3n) is 23.9. The van der Waals surface area contributed by atoms with Gasteiger partial charge in [-0.3, -0.25) is 4.90 Å². The topological polar surface area (TPSA) is 188 Å². The van der Waals surface area contributed by atoms with E-state index in [2.05, 4.69) is 144 Å². The second-order valence-electron chi connectivity index (χ2n) is 31.7. The van der Waals surface area contributed by atoms with Crippen LogP contribution < -0.4 is 34.3 Å². The maximum atomic E-state index is 8.33. The lowest BCUT2D eigenvalue weighted by atomic mass is 10.1. The molecule has 0 radical (unpaired) electrons. The number of fused-ring (bicyclic) bond motifs is 17. The molecule has 16 heterocycles. The van der Waals surface area contributed by atoms with Crippen molar-refractivity contribution in [3.05, 3.63) is 284 Å². The van der Waals surface area contributed by atoms with Crippen LogP contribution in [-0.2, 0) is 0 Å². The zero-order chi connectivity index (χ0) is 91.1. The van der Waals surface area contributed by atoms with Gasteiger partial charge in [0.25, 0.3) is 0 Å². The number of aromatic nitrogens is 7. The van der Waals surface area contributed by atoms with Gasteiger partial charge in [0.15, 0.2) is 39.6 Å². The number of furan rings is 5. The van der Waals surface area contributed by atoms with E-state index in [9.17, 15) is 0 Å². The second kappa shape index (κ2) is 31.1. The Morgan fingerprint density at radius 1 is 0.295 bits per heavy atom. The highest BCUT2D eigenvalue weighted by atomic mass is 16.4. The summed E-state index contributed by atoms with van der Waals surface area (Å²) in [5, 5.41) is 10.1. The van der Waals surface area contributed by atoms with E-state index < -0.39 is 32.2 Å². The van der Waals surface area contributed by atoms with Gasteiger partial charge >= 0.3 is 0 Å². The van der Waals surface area contributed by atoms with Crippen LogP contribution in [0.1, 0.15) is 101 Å². The van der Waals surface area contributed by atoms with Crippen molar-refractivity contribution < 1.29 is 33.1 Å². The van der Waals surface area contributed by atoms with Crippen molar-refractivity contribution in [2.45, 2.75) is 140 Å². The number of para-hydroxylation sites is 3. The summed E-state index contributed by atoms with van der Waals surface area (Å²) in [4.78, 5) is 50.8. The average Bonchev–Trinajstić information content (AvgIpc) is 1.21. The van der Waals surface area contributed by atoms with Crippen molar-refractivity contribution in [1.29, 1.82) is 0 Å². The molecule has 0 fully saturated rings. The number of benzene rings is 7. The van der Waals surface area contributed by atoms with Crippen LogP contribution in [0.4, 0.5) is 57.1 Å². The van der Waals surface area contributed by atoms with Gasteiger partial charge in [-0.1, -0.05) is 91.0 Å². The van der Waals surface area contributed by atoms with Crippen LogP contribution in [0.2, 0.25) is 0 Å². The molecule has 612 valence electrons. The van der Waals surface area contributed by atoms with E-state index in [-0.39, 0.29) is 24.7 Å². The minimum absolute atomic E-state index is 0.0322. The molecule has 0 saturated heterocycles. The highest BCUT2D eigenvalue weighted by Crippen LogP contribution is 2.52. The number of hydrogen-bond acceptors (Lipinski definition) is 22. The van der Waals surface area contributed by atoms with Gasteiger partial charge in [-0.15, -0.1) is 0 Å². The van der Waals surface area contributed by atoms with Gasteiger partial charge in [-0.25, -0.2) is 34.9 Å². The van der Waals surface area contributed by atoms with Crippen LogP contribution >= 0.6 is 0 Å². The predicted molar refractivity (Wildman–Crippen MR) is 495 cm³/mol. The molecule has 23 rings (SSSR count). The van der Waals surface area contributed by atoms with Crippen LogP contribution in [0.25, 0.3) is 110 Å². The summed E-state index contributed by atoms with van der Waals surface area (Å²) in [5.74, 6) is 1.65. The molecule has 5 atom stereocenters. The molecular weight excluding hydrogens is 1520 g/mol. The molecule has 0 amide bonds. The summed E-state index contributed by atoms with van der Waals surface area (Å²) in [6, 6.07) is 57.0. The molecule has 22 nitrogen and oxygen atoms in total. The molecule has 0 aliphatic carbocycles. The lowest BCUT2D eigenvalue weighted by Crippen LogP contribution is -2.39. The maximum Gasteiger partial charge on any atom is 0.227 e. The number of aryl methyl sites for hydroxylation is 5. The van der Waals surface area contributed by atoms with E-state index in [4.69, 9.17) is 38.0 Å². The molecule has 0 spiro atoms. The quantitative estimate of drug-likeness (QED) is 0.140. The first-order chi connectivity index (χ1) is 62.2. The SMILES string of the molecule is Cc1ccc2c(oc3ncccc32)c1N1c2nccnc2N(c2ccccc2)C1C.[2H]C(C)(C)N1C=CN(c2c(C)ccc3c2oc2ncccc23)C1C.[2H]C(C)(C)N1C=CN(c2c(C)ccc3c2oc2ncccc23)C1C.[2H]C([2H])([2H])N1C=CN(c2c(C)ccc3c2oc2ncccc23)C1C.[2H]C([2H])([2H])N1c2ccccc2N(c2c(C)ccc3c2oc2ncccc23)C1C. The van der Waals surface area contributed by atoms with E-state index in [1.165, 1.54) is 9.80 Å². The first kappa shape index (κ1) is 68.5. The Bertz CT molecular complexity index is 7140. The first-order valence-electron chi connectivity index (χ1n) is 45.0. The van der Waals surface area contributed by atoms with E-state index in [0.717, 1.165) is 161 Å². The Kier molecular flexibility index (Phi) is 17.4. The molecule has 122 heavy (non-hydrogen) atoms. The van der Waals surface area contributed by atoms with E-state index in [1.807, 2.05) is 222 Å². The summed E-state index contributed by atoms with van der Waals surface area (Å²) in [7, 11) is 0. The highest BCUT2D eigenvalue weighted by molar-refractivity contribution is 6.14. The highest BCUT2D eigenvalue weighted by Gasteiger charge is 2.41. The van der Waals surface area contributed by atoms with E-state index in [1.54, 1.807) is 55.8 Å². The third kappa shape index (κ3) is 13.0. The number of hydrogen-bond donors (Lipinski definition) is 0. The summed E-state index contributed by atoms with van der Waals surface area (Å²) >= 11 is 0. The van der Waals surface area contributed by atoms with Crippen molar-refractivity contribution in [3.63, 3.8) is 0 Å². The Balaban J connectivity index is 0.000000106. The van der Waals surface area contributed by atoms with Crippen LogP contribution in [0, 0.1) is 34.6 Å². The van der Waals surface area contributed by atoms with Crippen molar-refractivity contribution in [2.24, 2.45) is 0 Å². The van der Waals surface area contributed by atoms with Gasteiger partial charge in [0.05, 0.1) is 42.6 Å². The van der Waals surface area contributed by atoms with Crippen LogP contribution in [-0.4, -0.2) is 106 Å². The molecule has 0 saturated carbocycles. The Morgan fingerprint density at radius 3 is 0.992 bits per heavy atom. The molecule has 11 aromatic heterocycles. The van der Waals surface area contributed by atoms with Crippen LogP contribution in [0.15, 0.2) is 279 Å². The lowest BCUT2D eigenvalue weighted by Gasteiger charge is -2.33. The van der Waals surface area contributed by atoms with Crippen molar-refractivity contribution >= 4 is 167 Å². The van der Waals surface area contributed by atoms with Crippen molar-refractivity contribution in [2.75, 3.05) is 48.3 Å². The zero-order valence-corrected chi connectivity index (χ0v) is 70.3. The van der Waals surface area contributed by atoms with Gasteiger partial charge in [-0.2, -0.15) is 0 Å². The summed E-state index contributed by atoms with van der Waals surface area (Å²) < 4.78 is 94.4. The van der Waals surface area contributed by atoms with Gasteiger partial charge in [0.2, 0.25) is 28.6 Å². The number of pyridine rings is 5. The zero-order valence-electron chi connectivity index (χ0n) is 78.3. The maximum absolute atomic E-state index is 8.33. The molecule has 18 aromatic rings. The molecule has 0 bridgehead atoms. The number of anilines is 10.